The van der Waals surface area contributed by atoms with Crippen LogP contribution in [0.3, 0.4) is 0 Å². The molecule has 1 aromatic rings. The molecule has 0 radical (unpaired) electrons. The van der Waals surface area contributed by atoms with Gasteiger partial charge in [0.25, 0.3) is 0 Å². The number of halogens is 1. The minimum absolute atomic E-state index is 0.313. The summed E-state index contributed by atoms with van der Waals surface area (Å²) in [5, 5.41) is 0. The molecule has 0 saturated heterocycles. The molecule has 0 amide bonds. The Morgan fingerprint density at radius 3 is 2.80 bits per heavy atom. The van der Waals surface area contributed by atoms with Gasteiger partial charge >= 0.3 is 0 Å². The SMILES string of the molecule is C=C[C@H](N)c1c[nH]cc1F. The Labute approximate surface area is 58.6 Å². The molecule has 0 unspecified atom stereocenters. The molecular weight excluding hydrogens is 131 g/mol. The predicted octanol–water partition coefficient (Wildman–Crippen LogP) is 1.34. The number of nitrogens with two attached hydrogens (primary N) is 1. The molecule has 10 heavy (non-hydrogen) atoms. The number of aromatic amines is 1. The first-order valence-corrected chi connectivity index (χ1v) is 2.96. The number of aromatic nitrogens is 1. The maximum atomic E-state index is 12.6. The van der Waals surface area contributed by atoms with Gasteiger partial charge in [0.05, 0.1) is 6.04 Å². The van der Waals surface area contributed by atoms with Crippen LogP contribution in [-0.2, 0) is 0 Å². The molecule has 0 aliphatic carbocycles. The fraction of sp³-hybridized carbons (Fsp3) is 0.143. The summed E-state index contributed by atoms with van der Waals surface area (Å²) in [6.45, 7) is 3.45. The Balaban J connectivity index is 2.92. The number of H-pyrrole nitrogens is 1. The van der Waals surface area contributed by atoms with Gasteiger partial charge < -0.3 is 10.7 Å². The van der Waals surface area contributed by atoms with E-state index < -0.39 is 6.04 Å². The number of hydrogen-bond donors (Lipinski definition) is 2. The summed E-state index contributed by atoms with van der Waals surface area (Å²) in [4.78, 5) is 2.61. The lowest BCUT2D eigenvalue weighted by Gasteiger charge is -2.00. The Morgan fingerprint density at radius 1 is 1.70 bits per heavy atom. The average Bonchev–Trinajstić information content (AvgIpc) is 2.34. The molecule has 3 heteroatoms. The van der Waals surface area contributed by atoms with Crippen molar-refractivity contribution in [2.45, 2.75) is 6.04 Å². The number of hydrogen-bond acceptors (Lipinski definition) is 1. The van der Waals surface area contributed by atoms with Gasteiger partial charge in [-0.15, -0.1) is 6.58 Å². The van der Waals surface area contributed by atoms with Crippen LogP contribution in [0.1, 0.15) is 11.6 Å². The molecule has 1 atom stereocenters. The third-order valence-corrected chi connectivity index (χ3v) is 1.34. The second-order valence-electron chi connectivity index (χ2n) is 2.02. The maximum absolute atomic E-state index is 12.6. The summed E-state index contributed by atoms with van der Waals surface area (Å²) in [6, 6.07) is -0.411. The number of rotatable bonds is 2. The molecule has 3 N–H and O–H groups in total. The minimum Gasteiger partial charge on any atom is -0.365 e. The summed E-state index contributed by atoms with van der Waals surface area (Å²) < 4.78 is 12.6. The van der Waals surface area contributed by atoms with Crippen LogP contribution in [0, 0.1) is 5.82 Å². The van der Waals surface area contributed by atoms with Gasteiger partial charge in [-0.05, 0) is 0 Å². The second kappa shape index (κ2) is 2.66. The van der Waals surface area contributed by atoms with Gasteiger partial charge in [-0.2, -0.15) is 0 Å². The van der Waals surface area contributed by atoms with Gasteiger partial charge in [-0.3, -0.25) is 0 Å². The van der Waals surface area contributed by atoms with E-state index in [0.29, 0.717) is 5.56 Å². The van der Waals surface area contributed by atoms with Crippen molar-refractivity contribution in [2.75, 3.05) is 0 Å². The van der Waals surface area contributed by atoms with E-state index in [1.165, 1.54) is 18.5 Å². The van der Waals surface area contributed by atoms with E-state index in [2.05, 4.69) is 11.6 Å². The first kappa shape index (κ1) is 7.02. The minimum atomic E-state index is -0.411. The van der Waals surface area contributed by atoms with Crippen LogP contribution in [0.4, 0.5) is 4.39 Å². The molecule has 0 spiro atoms. The van der Waals surface area contributed by atoms with E-state index in [1.54, 1.807) is 0 Å². The van der Waals surface area contributed by atoms with Crippen molar-refractivity contribution in [3.8, 4) is 0 Å². The summed E-state index contributed by atoms with van der Waals surface area (Å²) in [7, 11) is 0. The van der Waals surface area contributed by atoms with Crippen LogP contribution in [0.15, 0.2) is 25.0 Å². The van der Waals surface area contributed by atoms with Gasteiger partial charge in [-0.1, -0.05) is 6.08 Å². The molecular formula is C7H9FN2. The normalized spacial score (nSPS) is 13.0. The summed E-state index contributed by atoms with van der Waals surface area (Å²) in [5.41, 5.74) is 5.92. The molecule has 0 bridgehead atoms. The molecule has 1 rings (SSSR count). The van der Waals surface area contributed by atoms with Gasteiger partial charge in [0.2, 0.25) is 0 Å². The molecule has 54 valence electrons. The molecule has 1 heterocycles. The van der Waals surface area contributed by atoms with Crippen LogP contribution in [0.5, 0.6) is 0 Å². The zero-order valence-electron chi connectivity index (χ0n) is 5.47. The maximum Gasteiger partial charge on any atom is 0.145 e. The van der Waals surface area contributed by atoms with E-state index >= 15 is 0 Å². The highest BCUT2D eigenvalue weighted by Gasteiger charge is 2.07. The molecule has 1 aromatic heterocycles. The van der Waals surface area contributed by atoms with E-state index in [-0.39, 0.29) is 5.82 Å². The van der Waals surface area contributed by atoms with Gasteiger partial charge in [0.1, 0.15) is 5.82 Å². The second-order valence-corrected chi connectivity index (χ2v) is 2.02. The largest absolute Gasteiger partial charge is 0.365 e. The smallest absolute Gasteiger partial charge is 0.145 e. The molecule has 2 nitrogen and oxygen atoms in total. The lowest BCUT2D eigenvalue weighted by molar-refractivity contribution is 0.607. The predicted molar refractivity (Wildman–Crippen MR) is 37.9 cm³/mol. The Kier molecular flexibility index (Phi) is 1.87. The van der Waals surface area contributed by atoms with Crippen LogP contribution in [-0.4, -0.2) is 4.98 Å². The Bertz CT molecular complexity index is 229. The van der Waals surface area contributed by atoms with Crippen molar-refractivity contribution in [3.63, 3.8) is 0 Å². The fourth-order valence-corrected chi connectivity index (χ4v) is 0.739. The highest BCUT2D eigenvalue weighted by atomic mass is 19.1. The lowest BCUT2D eigenvalue weighted by atomic mass is 10.1. The van der Waals surface area contributed by atoms with Crippen molar-refractivity contribution in [1.82, 2.24) is 4.98 Å². The summed E-state index contributed by atoms with van der Waals surface area (Å²) in [6.07, 6.45) is 4.28. The zero-order chi connectivity index (χ0) is 7.56. The van der Waals surface area contributed by atoms with Crippen LogP contribution in [0.25, 0.3) is 0 Å². The van der Waals surface area contributed by atoms with Crippen molar-refractivity contribution in [1.29, 1.82) is 0 Å². The van der Waals surface area contributed by atoms with Crippen molar-refractivity contribution in [2.24, 2.45) is 5.73 Å². The molecule has 0 saturated carbocycles. The number of nitrogens with one attached hydrogen (secondary N) is 1. The molecule has 0 aromatic carbocycles. The van der Waals surface area contributed by atoms with Gasteiger partial charge in [0.15, 0.2) is 0 Å². The fourth-order valence-electron chi connectivity index (χ4n) is 0.739. The summed E-state index contributed by atoms with van der Waals surface area (Å²) >= 11 is 0. The highest BCUT2D eigenvalue weighted by molar-refractivity contribution is 5.19. The quantitative estimate of drug-likeness (QED) is 0.598. The first-order chi connectivity index (χ1) is 4.75. The van der Waals surface area contributed by atoms with Gasteiger partial charge in [-0.25, -0.2) is 4.39 Å². The van der Waals surface area contributed by atoms with E-state index in [1.807, 2.05) is 0 Å². The average molecular weight is 140 g/mol. The zero-order valence-corrected chi connectivity index (χ0v) is 5.47. The lowest BCUT2D eigenvalue weighted by Crippen LogP contribution is -2.06. The topological polar surface area (TPSA) is 41.8 Å². The van der Waals surface area contributed by atoms with Crippen molar-refractivity contribution in [3.05, 3.63) is 36.4 Å². The molecule has 0 aliphatic heterocycles. The van der Waals surface area contributed by atoms with Crippen molar-refractivity contribution < 1.29 is 4.39 Å². The third kappa shape index (κ3) is 1.09. The van der Waals surface area contributed by atoms with Crippen molar-refractivity contribution >= 4 is 0 Å². The highest BCUT2D eigenvalue weighted by Crippen LogP contribution is 2.13. The summed E-state index contributed by atoms with van der Waals surface area (Å²) in [5.74, 6) is -0.313. The van der Waals surface area contributed by atoms with E-state index in [9.17, 15) is 4.39 Å². The van der Waals surface area contributed by atoms with Crippen LogP contribution < -0.4 is 5.73 Å². The van der Waals surface area contributed by atoms with Crippen LogP contribution >= 0.6 is 0 Å². The molecule has 0 aliphatic rings. The monoisotopic (exact) mass is 140 g/mol. The van der Waals surface area contributed by atoms with Crippen LogP contribution in [0.2, 0.25) is 0 Å². The van der Waals surface area contributed by atoms with E-state index in [0.717, 1.165) is 0 Å². The van der Waals surface area contributed by atoms with Gasteiger partial charge in [0, 0.05) is 18.0 Å². The Hall–Kier alpha value is -1.09. The Morgan fingerprint density at radius 2 is 2.40 bits per heavy atom. The first-order valence-electron chi connectivity index (χ1n) is 2.96. The standard InChI is InChI=1S/C7H9FN2/c1-2-7(9)5-3-10-4-6(5)8/h2-4,7,10H,1,9H2/t7-/m0/s1. The van der Waals surface area contributed by atoms with E-state index in [4.69, 9.17) is 5.73 Å². The third-order valence-electron chi connectivity index (χ3n) is 1.34. The molecule has 0 fully saturated rings.